The minimum atomic E-state index is -0.118. The van der Waals surface area contributed by atoms with E-state index in [0.717, 1.165) is 36.4 Å². The fraction of sp³-hybridized carbons (Fsp3) is 0.350. The van der Waals surface area contributed by atoms with Crippen molar-refractivity contribution >= 4 is 34.8 Å². The van der Waals surface area contributed by atoms with E-state index in [1.807, 2.05) is 18.2 Å². The molecule has 0 radical (unpaired) electrons. The SMILES string of the molecule is COc1ccc(OC)c(C2CCCN2CC(=O)Nc2ccc(Cl)cc2Cl)c1. The Kier molecular flexibility index (Phi) is 6.47. The van der Waals surface area contributed by atoms with E-state index in [0.29, 0.717) is 15.7 Å². The Morgan fingerprint density at radius 3 is 2.70 bits per heavy atom. The number of carbonyl (C=O) groups is 1. The average molecular weight is 409 g/mol. The van der Waals surface area contributed by atoms with Gasteiger partial charge in [0.2, 0.25) is 5.91 Å². The van der Waals surface area contributed by atoms with Gasteiger partial charge in [-0.15, -0.1) is 0 Å². The molecular weight excluding hydrogens is 387 g/mol. The van der Waals surface area contributed by atoms with Crippen LogP contribution in [0.1, 0.15) is 24.4 Å². The zero-order valence-electron chi connectivity index (χ0n) is 15.3. The topological polar surface area (TPSA) is 50.8 Å². The molecule has 5 nitrogen and oxygen atoms in total. The van der Waals surface area contributed by atoms with Crippen molar-refractivity contribution in [1.29, 1.82) is 0 Å². The molecule has 1 aliphatic rings. The summed E-state index contributed by atoms with van der Waals surface area (Å²) in [5.41, 5.74) is 1.59. The molecule has 2 aromatic carbocycles. The van der Waals surface area contributed by atoms with Crippen LogP contribution in [0.5, 0.6) is 11.5 Å². The zero-order valence-corrected chi connectivity index (χ0v) is 16.8. The molecule has 0 saturated carbocycles. The van der Waals surface area contributed by atoms with Crippen molar-refractivity contribution in [2.24, 2.45) is 0 Å². The third-order valence-corrected chi connectivity index (χ3v) is 5.26. The first-order valence-corrected chi connectivity index (χ1v) is 9.48. The van der Waals surface area contributed by atoms with E-state index in [4.69, 9.17) is 32.7 Å². The van der Waals surface area contributed by atoms with Crippen molar-refractivity contribution in [3.8, 4) is 11.5 Å². The molecule has 1 unspecified atom stereocenters. The molecule has 1 N–H and O–H groups in total. The van der Waals surface area contributed by atoms with Gasteiger partial charge in [0, 0.05) is 16.6 Å². The molecule has 2 aromatic rings. The van der Waals surface area contributed by atoms with Crippen molar-refractivity contribution in [2.45, 2.75) is 18.9 Å². The van der Waals surface area contributed by atoms with E-state index in [9.17, 15) is 4.79 Å². The number of rotatable bonds is 6. The predicted octanol–water partition coefficient (Wildman–Crippen LogP) is 4.79. The standard InChI is InChI=1S/C20H22Cl2N2O3/c1-26-14-6-8-19(27-2)15(11-14)18-4-3-9-24(18)12-20(25)23-17-7-5-13(21)10-16(17)22/h5-8,10-11,18H,3-4,9,12H2,1-2H3,(H,23,25). The van der Waals surface area contributed by atoms with Gasteiger partial charge in [-0.3, -0.25) is 9.69 Å². The number of carbonyl (C=O) groups excluding carboxylic acids is 1. The summed E-state index contributed by atoms with van der Waals surface area (Å²) in [6.07, 6.45) is 1.97. The number of nitrogens with one attached hydrogen (secondary N) is 1. The summed E-state index contributed by atoms with van der Waals surface area (Å²) < 4.78 is 10.9. The summed E-state index contributed by atoms with van der Waals surface area (Å²) in [4.78, 5) is 14.7. The first-order chi connectivity index (χ1) is 13.0. The van der Waals surface area contributed by atoms with Crippen LogP contribution in [-0.2, 0) is 4.79 Å². The maximum Gasteiger partial charge on any atom is 0.238 e. The molecule has 1 atom stereocenters. The number of methoxy groups -OCH3 is 2. The molecule has 0 spiro atoms. The molecule has 1 heterocycles. The van der Waals surface area contributed by atoms with Gasteiger partial charge >= 0.3 is 0 Å². The monoisotopic (exact) mass is 408 g/mol. The van der Waals surface area contributed by atoms with Crippen LogP contribution in [0.25, 0.3) is 0 Å². The Labute approximate surface area is 169 Å². The van der Waals surface area contributed by atoms with Gasteiger partial charge in [-0.1, -0.05) is 23.2 Å². The molecule has 1 saturated heterocycles. The highest BCUT2D eigenvalue weighted by Crippen LogP contribution is 2.38. The first-order valence-electron chi connectivity index (χ1n) is 8.72. The molecule has 1 fully saturated rings. The summed E-state index contributed by atoms with van der Waals surface area (Å²) in [5.74, 6) is 1.46. The fourth-order valence-corrected chi connectivity index (χ4v) is 3.89. The average Bonchev–Trinajstić information content (AvgIpc) is 3.11. The molecule has 3 rings (SSSR count). The third-order valence-electron chi connectivity index (χ3n) is 4.71. The van der Waals surface area contributed by atoms with Gasteiger partial charge in [0.1, 0.15) is 11.5 Å². The van der Waals surface area contributed by atoms with Crippen molar-refractivity contribution in [2.75, 3.05) is 32.6 Å². The minimum absolute atomic E-state index is 0.0986. The van der Waals surface area contributed by atoms with Crippen molar-refractivity contribution < 1.29 is 14.3 Å². The van der Waals surface area contributed by atoms with E-state index < -0.39 is 0 Å². The quantitative estimate of drug-likeness (QED) is 0.746. The van der Waals surface area contributed by atoms with Crippen LogP contribution >= 0.6 is 23.2 Å². The number of hydrogen-bond donors (Lipinski definition) is 1. The highest BCUT2D eigenvalue weighted by Gasteiger charge is 2.30. The van der Waals surface area contributed by atoms with Gasteiger partial charge < -0.3 is 14.8 Å². The summed E-state index contributed by atoms with van der Waals surface area (Å²) >= 11 is 12.0. The Morgan fingerprint density at radius 2 is 2.00 bits per heavy atom. The largest absolute Gasteiger partial charge is 0.497 e. The molecule has 7 heteroatoms. The predicted molar refractivity (Wildman–Crippen MR) is 108 cm³/mol. The molecular formula is C20H22Cl2N2O3. The Bertz CT molecular complexity index is 829. The molecule has 1 amide bonds. The molecule has 0 aliphatic carbocycles. The zero-order chi connectivity index (χ0) is 19.4. The van der Waals surface area contributed by atoms with Crippen molar-refractivity contribution in [3.63, 3.8) is 0 Å². The van der Waals surface area contributed by atoms with Gasteiger partial charge in [0.15, 0.2) is 0 Å². The lowest BCUT2D eigenvalue weighted by Crippen LogP contribution is -2.33. The lowest BCUT2D eigenvalue weighted by atomic mass is 10.0. The van der Waals surface area contributed by atoms with Gasteiger partial charge in [0.25, 0.3) is 0 Å². The number of halogens is 2. The number of benzene rings is 2. The second kappa shape index (κ2) is 8.83. The number of hydrogen-bond acceptors (Lipinski definition) is 4. The number of nitrogens with zero attached hydrogens (tertiary/aromatic N) is 1. The Morgan fingerprint density at radius 1 is 1.19 bits per heavy atom. The summed E-state index contributed by atoms with van der Waals surface area (Å²) in [7, 11) is 3.29. The van der Waals surface area contributed by atoms with E-state index >= 15 is 0 Å². The summed E-state index contributed by atoms with van der Waals surface area (Å²) in [5, 5.41) is 3.81. The molecule has 0 bridgehead atoms. The van der Waals surface area contributed by atoms with Crippen LogP contribution in [0.4, 0.5) is 5.69 Å². The Hall–Kier alpha value is -1.95. The Balaban J connectivity index is 1.74. The lowest BCUT2D eigenvalue weighted by molar-refractivity contribution is -0.117. The van der Waals surface area contributed by atoms with Crippen LogP contribution in [0.3, 0.4) is 0 Å². The van der Waals surface area contributed by atoms with E-state index in [-0.39, 0.29) is 18.5 Å². The van der Waals surface area contributed by atoms with Crippen LogP contribution < -0.4 is 14.8 Å². The van der Waals surface area contributed by atoms with Gasteiger partial charge in [-0.25, -0.2) is 0 Å². The first kappa shape index (κ1) is 19.8. The van der Waals surface area contributed by atoms with Gasteiger partial charge in [-0.2, -0.15) is 0 Å². The van der Waals surface area contributed by atoms with Gasteiger partial charge in [-0.05, 0) is 55.8 Å². The smallest absolute Gasteiger partial charge is 0.238 e. The van der Waals surface area contributed by atoms with Crippen LogP contribution in [-0.4, -0.2) is 38.1 Å². The number of amides is 1. The normalized spacial score (nSPS) is 17.0. The second-order valence-electron chi connectivity index (χ2n) is 6.41. The van der Waals surface area contributed by atoms with E-state index in [2.05, 4.69) is 10.2 Å². The van der Waals surface area contributed by atoms with Crippen LogP contribution in [0, 0.1) is 0 Å². The second-order valence-corrected chi connectivity index (χ2v) is 7.25. The van der Waals surface area contributed by atoms with E-state index in [1.165, 1.54) is 0 Å². The van der Waals surface area contributed by atoms with Crippen LogP contribution in [0.2, 0.25) is 10.0 Å². The van der Waals surface area contributed by atoms with E-state index in [1.54, 1.807) is 32.4 Å². The maximum absolute atomic E-state index is 12.6. The minimum Gasteiger partial charge on any atom is -0.497 e. The maximum atomic E-state index is 12.6. The molecule has 144 valence electrons. The molecule has 27 heavy (non-hydrogen) atoms. The highest BCUT2D eigenvalue weighted by molar-refractivity contribution is 6.36. The van der Waals surface area contributed by atoms with Crippen molar-refractivity contribution in [3.05, 3.63) is 52.0 Å². The number of likely N-dealkylation sites (tertiary alicyclic amines) is 1. The molecule has 0 aromatic heterocycles. The van der Waals surface area contributed by atoms with Crippen molar-refractivity contribution in [1.82, 2.24) is 4.90 Å². The summed E-state index contributed by atoms with van der Waals surface area (Å²) in [6, 6.07) is 10.9. The van der Waals surface area contributed by atoms with Gasteiger partial charge in [0.05, 0.1) is 31.5 Å². The lowest BCUT2D eigenvalue weighted by Gasteiger charge is -2.26. The fourth-order valence-electron chi connectivity index (χ4n) is 3.43. The number of anilines is 1. The van der Waals surface area contributed by atoms with Crippen LogP contribution in [0.15, 0.2) is 36.4 Å². The molecule has 1 aliphatic heterocycles. The highest BCUT2D eigenvalue weighted by atomic mass is 35.5. The third kappa shape index (κ3) is 4.67. The number of ether oxygens (including phenoxy) is 2. The summed E-state index contributed by atoms with van der Waals surface area (Å²) in [6.45, 7) is 1.11.